The number of rotatable bonds is 2. The maximum Gasteiger partial charge on any atom is 0.263 e. The van der Waals surface area contributed by atoms with Crippen molar-refractivity contribution in [3.05, 3.63) is 53.6 Å². The topological polar surface area (TPSA) is 93.4 Å². The number of hydrogen-bond donors (Lipinski definition) is 3. The Morgan fingerprint density at radius 2 is 1.68 bits per heavy atom. The van der Waals surface area contributed by atoms with Gasteiger partial charge in [0.15, 0.2) is 0 Å². The summed E-state index contributed by atoms with van der Waals surface area (Å²) in [6, 6.07) is 12.4. The molecule has 0 saturated heterocycles. The predicted molar refractivity (Wildman–Crippen MR) is 68.9 cm³/mol. The van der Waals surface area contributed by atoms with Crippen molar-refractivity contribution in [2.24, 2.45) is 0 Å². The zero-order valence-corrected chi connectivity index (χ0v) is 9.79. The van der Waals surface area contributed by atoms with Gasteiger partial charge in [-0.3, -0.25) is 4.79 Å². The summed E-state index contributed by atoms with van der Waals surface area (Å²) in [4.78, 5) is 12.0. The van der Waals surface area contributed by atoms with Gasteiger partial charge < -0.3 is 15.5 Å². The maximum absolute atomic E-state index is 12.0. The standard InChI is InChI=1S/C14H10N2O3/c15-8-9-4-1-2-5-10(9)16-14(19)13-11(17)6-3-7-12(13)18/h1-7,17-18H,(H,16,19). The van der Waals surface area contributed by atoms with Crippen LogP contribution in [0.5, 0.6) is 11.5 Å². The molecule has 0 aliphatic heterocycles. The zero-order chi connectivity index (χ0) is 13.8. The van der Waals surface area contributed by atoms with Gasteiger partial charge in [0.2, 0.25) is 0 Å². The molecule has 0 aliphatic carbocycles. The number of aromatic hydroxyl groups is 2. The fourth-order valence-electron chi connectivity index (χ4n) is 1.64. The van der Waals surface area contributed by atoms with E-state index in [-0.39, 0.29) is 17.1 Å². The summed E-state index contributed by atoms with van der Waals surface area (Å²) < 4.78 is 0. The van der Waals surface area contributed by atoms with E-state index in [0.717, 1.165) is 0 Å². The lowest BCUT2D eigenvalue weighted by atomic mass is 10.1. The second-order valence-corrected chi connectivity index (χ2v) is 3.78. The fraction of sp³-hybridized carbons (Fsp3) is 0. The lowest BCUT2D eigenvalue weighted by Gasteiger charge is -2.09. The molecule has 3 N–H and O–H groups in total. The van der Waals surface area contributed by atoms with Crippen LogP contribution in [0.1, 0.15) is 15.9 Å². The molecule has 0 heterocycles. The third-order valence-corrected chi connectivity index (χ3v) is 2.54. The Hall–Kier alpha value is -3.00. The number of nitriles is 1. The van der Waals surface area contributed by atoms with Crippen LogP contribution in [0.4, 0.5) is 5.69 Å². The molecule has 0 aliphatic rings. The molecule has 0 unspecified atom stereocenters. The molecule has 0 bridgehead atoms. The minimum atomic E-state index is -0.682. The van der Waals surface area contributed by atoms with Gasteiger partial charge in [0.1, 0.15) is 23.1 Å². The predicted octanol–water partition coefficient (Wildman–Crippen LogP) is 2.22. The number of hydrogen-bond acceptors (Lipinski definition) is 4. The number of amides is 1. The second-order valence-electron chi connectivity index (χ2n) is 3.78. The van der Waals surface area contributed by atoms with Crippen molar-refractivity contribution < 1.29 is 15.0 Å². The third kappa shape index (κ3) is 2.48. The SMILES string of the molecule is N#Cc1ccccc1NC(=O)c1c(O)cccc1O. The Morgan fingerprint density at radius 3 is 2.32 bits per heavy atom. The second kappa shape index (κ2) is 5.10. The van der Waals surface area contributed by atoms with Gasteiger partial charge in [0, 0.05) is 0 Å². The van der Waals surface area contributed by atoms with Gasteiger partial charge in [-0.05, 0) is 24.3 Å². The van der Waals surface area contributed by atoms with Crippen LogP contribution in [0.3, 0.4) is 0 Å². The van der Waals surface area contributed by atoms with E-state index in [9.17, 15) is 15.0 Å². The minimum Gasteiger partial charge on any atom is -0.507 e. The van der Waals surface area contributed by atoms with Crippen molar-refractivity contribution in [2.45, 2.75) is 0 Å². The van der Waals surface area contributed by atoms with Gasteiger partial charge >= 0.3 is 0 Å². The summed E-state index contributed by atoms with van der Waals surface area (Å²) >= 11 is 0. The summed E-state index contributed by atoms with van der Waals surface area (Å²) in [5.41, 5.74) is 0.388. The summed E-state index contributed by atoms with van der Waals surface area (Å²) in [5.74, 6) is -1.34. The van der Waals surface area contributed by atoms with E-state index in [0.29, 0.717) is 11.3 Å². The van der Waals surface area contributed by atoms with Gasteiger partial charge in [-0.2, -0.15) is 5.26 Å². The highest BCUT2D eigenvalue weighted by Crippen LogP contribution is 2.27. The average molecular weight is 254 g/mol. The van der Waals surface area contributed by atoms with Gasteiger partial charge in [-0.15, -0.1) is 0 Å². The van der Waals surface area contributed by atoms with Gasteiger partial charge in [0.25, 0.3) is 5.91 Å². The molecule has 94 valence electrons. The highest BCUT2D eigenvalue weighted by atomic mass is 16.3. The van der Waals surface area contributed by atoms with E-state index >= 15 is 0 Å². The monoisotopic (exact) mass is 254 g/mol. The quantitative estimate of drug-likeness (QED) is 0.766. The van der Waals surface area contributed by atoms with Crippen molar-refractivity contribution in [3.8, 4) is 17.6 Å². The Labute approximate surface area is 109 Å². The highest BCUT2D eigenvalue weighted by Gasteiger charge is 2.17. The Balaban J connectivity index is 2.35. The molecule has 0 saturated carbocycles. The van der Waals surface area contributed by atoms with E-state index in [2.05, 4.69) is 5.32 Å². The molecule has 0 radical (unpaired) electrons. The average Bonchev–Trinajstić information content (AvgIpc) is 2.39. The summed E-state index contributed by atoms with van der Waals surface area (Å²) in [7, 11) is 0. The van der Waals surface area contributed by atoms with Crippen LogP contribution < -0.4 is 5.32 Å². The molecule has 2 aromatic carbocycles. The third-order valence-electron chi connectivity index (χ3n) is 2.54. The number of anilines is 1. The first-order valence-corrected chi connectivity index (χ1v) is 5.45. The maximum atomic E-state index is 12.0. The number of phenols is 2. The van der Waals surface area contributed by atoms with E-state index in [4.69, 9.17) is 5.26 Å². The van der Waals surface area contributed by atoms with Crippen LogP contribution in [0.2, 0.25) is 0 Å². The first-order chi connectivity index (χ1) is 9.13. The van der Waals surface area contributed by atoms with Crippen LogP contribution in [0, 0.1) is 11.3 Å². The number of nitrogens with zero attached hydrogens (tertiary/aromatic N) is 1. The molecule has 0 spiro atoms. The number of carbonyl (C=O) groups excluding carboxylic acids is 1. The van der Waals surface area contributed by atoms with Crippen molar-refractivity contribution in [1.82, 2.24) is 0 Å². The van der Waals surface area contributed by atoms with Crippen LogP contribution >= 0.6 is 0 Å². The van der Waals surface area contributed by atoms with Crippen molar-refractivity contribution in [2.75, 3.05) is 5.32 Å². The zero-order valence-electron chi connectivity index (χ0n) is 9.79. The number of nitrogens with one attached hydrogen (secondary N) is 1. The summed E-state index contributed by atoms with van der Waals surface area (Å²) in [5, 5.41) is 30.5. The van der Waals surface area contributed by atoms with E-state index in [1.165, 1.54) is 18.2 Å². The van der Waals surface area contributed by atoms with Crippen LogP contribution in [-0.2, 0) is 0 Å². The van der Waals surface area contributed by atoms with E-state index in [1.54, 1.807) is 24.3 Å². The summed E-state index contributed by atoms with van der Waals surface area (Å²) in [6.45, 7) is 0. The molecule has 5 nitrogen and oxygen atoms in total. The first-order valence-electron chi connectivity index (χ1n) is 5.45. The normalized spacial score (nSPS) is 9.63. The van der Waals surface area contributed by atoms with Crippen molar-refractivity contribution in [3.63, 3.8) is 0 Å². The fourth-order valence-corrected chi connectivity index (χ4v) is 1.64. The molecule has 0 fully saturated rings. The van der Waals surface area contributed by atoms with E-state index < -0.39 is 5.91 Å². The minimum absolute atomic E-state index is 0.227. The van der Waals surface area contributed by atoms with E-state index in [1.807, 2.05) is 6.07 Å². The first kappa shape index (κ1) is 12.5. The molecule has 2 rings (SSSR count). The van der Waals surface area contributed by atoms with Gasteiger partial charge in [-0.1, -0.05) is 18.2 Å². The van der Waals surface area contributed by atoms with Crippen molar-refractivity contribution in [1.29, 1.82) is 5.26 Å². The molecular weight excluding hydrogens is 244 g/mol. The Morgan fingerprint density at radius 1 is 1.05 bits per heavy atom. The van der Waals surface area contributed by atoms with Crippen LogP contribution in [0.15, 0.2) is 42.5 Å². The lowest BCUT2D eigenvalue weighted by Crippen LogP contribution is -2.13. The molecule has 0 aromatic heterocycles. The molecule has 1 amide bonds. The Kier molecular flexibility index (Phi) is 3.35. The number of phenolic OH excluding ortho intramolecular Hbond substituents is 2. The summed E-state index contributed by atoms with van der Waals surface area (Å²) in [6.07, 6.45) is 0. The van der Waals surface area contributed by atoms with Crippen LogP contribution in [0.25, 0.3) is 0 Å². The number of carbonyl (C=O) groups is 1. The molecular formula is C14H10N2O3. The number of benzene rings is 2. The smallest absolute Gasteiger partial charge is 0.263 e. The Bertz CT molecular complexity index is 654. The molecule has 0 atom stereocenters. The largest absolute Gasteiger partial charge is 0.507 e. The van der Waals surface area contributed by atoms with Gasteiger partial charge in [-0.25, -0.2) is 0 Å². The lowest BCUT2D eigenvalue weighted by molar-refractivity contribution is 0.102. The number of para-hydroxylation sites is 1. The highest BCUT2D eigenvalue weighted by molar-refractivity contribution is 6.08. The van der Waals surface area contributed by atoms with Crippen LogP contribution in [-0.4, -0.2) is 16.1 Å². The van der Waals surface area contributed by atoms with Crippen molar-refractivity contribution >= 4 is 11.6 Å². The molecule has 2 aromatic rings. The molecule has 5 heteroatoms. The van der Waals surface area contributed by atoms with Gasteiger partial charge in [0.05, 0.1) is 11.3 Å². The molecule has 19 heavy (non-hydrogen) atoms.